The summed E-state index contributed by atoms with van der Waals surface area (Å²) in [4.78, 5) is 16.5. The summed E-state index contributed by atoms with van der Waals surface area (Å²) < 4.78 is 10.3. The summed E-state index contributed by atoms with van der Waals surface area (Å²) in [6.45, 7) is 1.89. The average Bonchev–Trinajstić information content (AvgIpc) is 3.11. The van der Waals surface area contributed by atoms with Crippen molar-refractivity contribution in [2.45, 2.75) is 19.8 Å². The van der Waals surface area contributed by atoms with Crippen LogP contribution in [0.4, 0.5) is 5.69 Å². The summed E-state index contributed by atoms with van der Waals surface area (Å²) in [5, 5.41) is 7.45. The topological polar surface area (TPSA) is 77.2 Å². The highest BCUT2D eigenvalue weighted by Crippen LogP contribution is 2.21. The van der Waals surface area contributed by atoms with Crippen molar-refractivity contribution in [2.24, 2.45) is 0 Å². The maximum atomic E-state index is 12.1. The second-order valence-corrected chi connectivity index (χ2v) is 6.18. The van der Waals surface area contributed by atoms with Crippen molar-refractivity contribution >= 4 is 23.2 Å². The van der Waals surface area contributed by atoms with E-state index in [0.717, 1.165) is 22.6 Å². The SMILES string of the molecule is COc1ccc(-c2noc(CCC(=O)Nc3ccc(Cl)cc3C)n2)cc1. The minimum absolute atomic E-state index is 0.125. The lowest BCUT2D eigenvalue weighted by Crippen LogP contribution is -2.13. The number of halogens is 1. The van der Waals surface area contributed by atoms with Crippen molar-refractivity contribution in [3.05, 3.63) is 58.9 Å². The van der Waals surface area contributed by atoms with Gasteiger partial charge in [-0.15, -0.1) is 0 Å². The van der Waals surface area contributed by atoms with Crippen LogP contribution in [-0.4, -0.2) is 23.2 Å². The van der Waals surface area contributed by atoms with Gasteiger partial charge >= 0.3 is 0 Å². The van der Waals surface area contributed by atoms with E-state index in [0.29, 0.717) is 23.2 Å². The Morgan fingerprint density at radius 2 is 2.00 bits per heavy atom. The molecule has 0 aliphatic heterocycles. The van der Waals surface area contributed by atoms with Gasteiger partial charge in [-0.3, -0.25) is 4.79 Å². The zero-order valence-electron chi connectivity index (χ0n) is 14.5. The lowest BCUT2D eigenvalue weighted by molar-refractivity contribution is -0.116. The van der Waals surface area contributed by atoms with Crippen molar-refractivity contribution in [1.82, 2.24) is 10.1 Å². The molecule has 0 unspecified atom stereocenters. The smallest absolute Gasteiger partial charge is 0.227 e. The van der Waals surface area contributed by atoms with Gasteiger partial charge in [0.15, 0.2) is 0 Å². The van der Waals surface area contributed by atoms with Gasteiger partial charge in [0.2, 0.25) is 17.6 Å². The molecule has 134 valence electrons. The van der Waals surface area contributed by atoms with E-state index < -0.39 is 0 Å². The number of hydrogen-bond donors (Lipinski definition) is 1. The Bertz CT molecular complexity index is 907. The quantitative estimate of drug-likeness (QED) is 0.699. The minimum Gasteiger partial charge on any atom is -0.497 e. The van der Waals surface area contributed by atoms with Crippen LogP contribution in [0.1, 0.15) is 17.9 Å². The molecule has 2 aromatic carbocycles. The molecule has 3 rings (SSSR count). The molecule has 1 heterocycles. The number of aromatic nitrogens is 2. The summed E-state index contributed by atoms with van der Waals surface area (Å²) in [7, 11) is 1.61. The highest BCUT2D eigenvalue weighted by Gasteiger charge is 2.12. The van der Waals surface area contributed by atoms with Gasteiger partial charge < -0.3 is 14.6 Å². The van der Waals surface area contributed by atoms with Crippen molar-refractivity contribution in [3.8, 4) is 17.1 Å². The van der Waals surface area contributed by atoms with E-state index in [9.17, 15) is 4.79 Å². The van der Waals surface area contributed by atoms with Gasteiger partial charge in [0.05, 0.1) is 7.11 Å². The van der Waals surface area contributed by atoms with E-state index in [1.807, 2.05) is 31.2 Å². The number of nitrogens with one attached hydrogen (secondary N) is 1. The molecule has 1 aromatic heterocycles. The first-order valence-corrected chi connectivity index (χ1v) is 8.46. The lowest BCUT2D eigenvalue weighted by Gasteiger charge is -2.07. The highest BCUT2D eigenvalue weighted by atomic mass is 35.5. The van der Waals surface area contributed by atoms with E-state index in [2.05, 4.69) is 15.5 Å². The van der Waals surface area contributed by atoms with E-state index in [1.165, 1.54) is 0 Å². The zero-order valence-corrected chi connectivity index (χ0v) is 15.2. The molecule has 26 heavy (non-hydrogen) atoms. The summed E-state index contributed by atoms with van der Waals surface area (Å²) in [5.74, 6) is 1.53. The van der Waals surface area contributed by atoms with Gasteiger partial charge in [0, 0.05) is 29.1 Å². The molecule has 0 atom stereocenters. The molecule has 6 nitrogen and oxygen atoms in total. The summed E-state index contributed by atoms with van der Waals surface area (Å²) in [5.41, 5.74) is 2.47. The summed E-state index contributed by atoms with van der Waals surface area (Å²) in [6, 6.07) is 12.7. The number of aryl methyl sites for hydroxylation is 2. The third-order valence-corrected chi connectivity index (χ3v) is 4.08. The second kappa shape index (κ2) is 8.01. The second-order valence-electron chi connectivity index (χ2n) is 5.75. The highest BCUT2D eigenvalue weighted by molar-refractivity contribution is 6.30. The molecule has 0 saturated carbocycles. The number of carbonyl (C=O) groups excluding carboxylic acids is 1. The molecule has 7 heteroatoms. The van der Waals surface area contributed by atoms with E-state index in [1.54, 1.807) is 25.3 Å². The van der Waals surface area contributed by atoms with Gasteiger partial charge in [0.1, 0.15) is 5.75 Å². The largest absolute Gasteiger partial charge is 0.497 e. The third-order valence-electron chi connectivity index (χ3n) is 3.84. The van der Waals surface area contributed by atoms with Gasteiger partial charge in [-0.05, 0) is 55.0 Å². The Kier molecular flexibility index (Phi) is 5.53. The molecular weight excluding hydrogens is 354 g/mol. The van der Waals surface area contributed by atoms with Gasteiger partial charge in [-0.1, -0.05) is 16.8 Å². The van der Waals surface area contributed by atoms with E-state index >= 15 is 0 Å². The number of nitrogens with zero attached hydrogens (tertiary/aromatic N) is 2. The Hall–Kier alpha value is -2.86. The number of rotatable bonds is 6. The van der Waals surface area contributed by atoms with Crippen LogP contribution in [0.2, 0.25) is 5.02 Å². The van der Waals surface area contributed by atoms with E-state index in [-0.39, 0.29) is 12.3 Å². The molecule has 0 fully saturated rings. The first-order valence-electron chi connectivity index (χ1n) is 8.08. The maximum Gasteiger partial charge on any atom is 0.227 e. The van der Waals surface area contributed by atoms with Crippen LogP contribution >= 0.6 is 11.6 Å². The normalized spacial score (nSPS) is 10.6. The van der Waals surface area contributed by atoms with Gasteiger partial charge in [0.25, 0.3) is 0 Å². The monoisotopic (exact) mass is 371 g/mol. The Labute approximate surface area is 156 Å². The van der Waals surface area contributed by atoms with Crippen LogP contribution in [0.5, 0.6) is 5.75 Å². The van der Waals surface area contributed by atoms with Gasteiger partial charge in [-0.25, -0.2) is 0 Å². The van der Waals surface area contributed by atoms with Crippen LogP contribution < -0.4 is 10.1 Å². The molecule has 0 spiro atoms. The molecule has 1 N–H and O–H groups in total. The number of carbonyl (C=O) groups is 1. The number of methoxy groups -OCH3 is 1. The Balaban J connectivity index is 1.58. The number of benzene rings is 2. The van der Waals surface area contributed by atoms with Crippen LogP contribution in [0.3, 0.4) is 0 Å². The third kappa shape index (κ3) is 4.40. The lowest BCUT2D eigenvalue weighted by atomic mass is 10.2. The fourth-order valence-corrected chi connectivity index (χ4v) is 2.64. The predicted octanol–water partition coefficient (Wildman–Crippen LogP) is 4.28. The molecule has 0 bridgehead atoms. The molecule has 0 saturated heterocycles. The number of ether oxygens (including phenoxy) is 1. The maximum absolute atomic E-state index is 12.1. The molecule has 0 aliphatic carbocycles. The molecule has 1 amide bonds. The average molecular weight is 372 g/mol. The molecule has 0 radical (unpaired) electrons. The zero-order chi connectivity index (χ0) is 18.5. The minimum atomic E-state index is -0.125. The number of anilines is 1. The van der Waals surface area contributed by atoms with Crippen LogP contribution in [0.15, 0.2) is 47.0 Å². The van der Waals surface area contributed by atoms with Gasteiger partial charge in [-0.2, -0.15) is 4.98 Å². The van der Waals surface area contributed by atoms with E-state index in [4.69, 9.17) is 20.9 Å². The van der Waals surface area contributed by atoms with Crippen molar-refractivity contribution in [1.29, 1.82) is 0 Å². The molecule has 3 aromatic rings. The first kappa shape index (κ1) is 17.9. The number of hydrogen-bond acceptors (Lipinski definition) is 5. The fraction of sp³-hybridized carbons (Fsp3) is 0.211. The van der Waals surface area contributed by atoms with Crippen LogP contribution in [0.25, 0.3) is 11.4 Å². The summed E-state index contributed by atoms with van der Waals surface area (Å²) in [6.07, 6.45) is 0.605. The first-order chi connectivity index (χ1) is 12.5. The summed E-state index contributed by atoms with van der Waals surface area (Å²) >= 11 is 5.92. The van der Waals surface area contributed by atoms with Crippen LogP contribution in [-0.2, 0) is 11.2 Å². The predicted molar refractivity (Wildman–Crippen MR) is 99.4 cm³/mol. The van der Waals surface area contributed by atoms with Crippen molar-refractivity contribution in [3.63, 3.8) is 0 Å². The number of amides is 1. The van der Waals surface area contributed by atoms with Crippen molar-refractivity contribution in [2.75, 3.05) is 12.4 Å². The van der Waals surface area contributed by atoms with Crippen LogP contribution in [0, 0.1) is 6.92 Å². The Morgan fingerprint density at radius 1 is 1.23 bits per heavy atom. The molecule has 0 aliphatic rings. The van der Waals surface area contributed by atoms with Crippen molar-refractivity contribution < 1.29 is 14.1 Å². The fourth-order valence-electron chi connectivity index (χ4n) is 2.41. The molecular formula is C19H18ClN3O3. The Morgan fingerprint density at radius 3 is 2.69 bits per heavy atom. The standard InChI is InChI=1S/C19H18ClN3O3/c1-12-11-14(20)5-8-16(12)21-17(24)9-10-18-22-19(23-26-18)13-3-6-15(25-2)7-4-13/h3-8,11H,9-10H2,1-2H3,(H,21,24).